The van der Waals surface area contributed by atoms with E-state index in [0.717, 1.165) is 17.2 Å². The molecule has 0 fully saturated rings. The Labute approximate surface area is 168 Å². The lowest BCUT2D eigenvalue weighted by atomic mass is 10.1. The van der Waals surface area contributed by atoms with Gasteiger partial charge in [-0.15, -0.1) is 0 Å². The van der Waals surface area contributed by atoms with Crippen molar-refractivity contribution in [1.29, 1.82) is 5.26 Å². The average Bonchev–Trinajstić information content (AvgIpc) is 2.66. The van der Waals surface area contributed by atoms with Crippen molar-refractivity contribution >= 4 is 17.6 Å². The molecule has 0 saturated heterocycles. The third-order valence-corrected chi connectivity index (χ3v) is 4.51. The number of carbonyl (C=O) groups is 2. The summed E-state index contributed by atoms with van der Waals surface area (Å²) < 4.78 is 53.6. The molecule has 7 nitrogen and oxygen atoms in total. The number of nitrogens with one attached hydrogen (secondary N) is 2. The van der Waals surface area contributed by atoms with Gasteiger partial charge in [-0.25, -0.2) is 9.18 Å². The zero-order valence-corrected chi connectivity index (χ0v) is 15.5. The Morgan fingerprint density at radius 3 is 2.77 bits per heavy atom. The highest BCUT2D eigenvalue weighted by atomic mass is 19.4. The smallest absolute Gasteiger partial charge is 0.348 e. The Kier molecular flexibility index (Phi) is 5.60. The average molecular weight is 421 g/mol. The van der Waals surface area contributed by atoms with Crippen LogP contribution in [0.2, 0.25) is 0 Å². The van der Waals surface area contributed by atoms with Gasteiger partial charge in [0, 0.05) is 17.3 Å². The second-order valence-corrected chi connectivity index (χ2v) is 6.61. The SMILES string of the molecule is C[C@@H](NC(=O)CN1Cc2c(ccnc2C(F)(F)F)NC1=O)c1ccc(C#N)cc1F. The number of hydrogen-bond acceptors (Lipinski definition) is 4. The van der Waals surface area contributed by atoms with Gasteiger partial charge in [0.25, 0.3) is 0 Å². The van der Waals surface area contributed by atoms with Crippen LogP contribution < -0.4 is 10.6 Å². The summed E-state index contributed by atoms with van der Waals surface area (Å²) in [6.07, 6.45) is -3.78. The molecule has 2 aromatic rings. The normalized spacial score (nSPS) is 14.4. The number of aromatic nitrogens is 1. The summed E-state index contributed by atoms with van der Waals surface area (Å²) in [4.78, 5) is 28.7. The van der Waals surface area contributed by atoms with Gasteiger partial charge < -0.3 is 15.5 Å². The molecule has 11 heteroatoms. The maximum absolute atomic E-state index is 14.1. The van der Waals surface area contributed by atoms with E-state index < -0.39 is 48.8 Å². The van der Waals surface area contributed by atoms with Crippen molar-refractivity contribution in [2.75, 3.05) is 11.9 Å². The van der Waals surface area contributed by atoms with Crippen LogP contribution in [0, 0.1) is 17.1 Å². The van der Waals surface area contributed by atoms with Crippen molar-refractivity contribution in [3.8, 4) is 6.07 Å². The van der Waals surface area contributed by atoms with E-state index >= 15 is 0 Å². The van der Waals surface area contributed by atoms with Crippen LogP contribution in [0.3, 0.4) is 0 Å². The molecule has 3 rings (SSSR count). The van der Waals surface area contributed by atoms with Gasteiger partial charge in [-0.1, -0.05) is 6.07 Å². The van der Waals surface area contributed by atoms with Crippen LogP contribution in [0.4, 0.5) is 28.0 Å². The molecule has 2 heterocycles. The number of nitriles is 1. The third kappa shape index (κ3) is 4.32. The summed E-state index contributed by atoms with van der Waals surface area (Å²) in [6, 6.07) is 5.27. The molecule has 1 aliphatic heterocycles. The van der Waals surface area contributed by atoms with E-state index in [2.05, 4.69) is 15.6 Å². The summed E-state index contributed by atoms with van der Waals surface area (Å²) in [7, 11) is 0. The molecule has 0 unspecified atom stereocenters. The number of anilines is 1. The van der Waals surface area contributed by atoms with Crippen molar-refractivity contribution < 1.29 is 27.2 Å². The summed E-state index contributed by atoms with van der Waals surface area (Å²) in [5, 5.41) is 13.6. The van der Waals surface area contributed by atoms with Crippen LogP contribution in [0.25, 0.3) is 0 Å². The maximum Gasteiger partial charge on any atom is 0.433 e. The van der Waals surface area contributed by atoms with Gasteiger partial charge in [0.05, 0.1) is 29.9 Å². The Morgan fingerprint density at radius 1 is 1.40 bits per heavy atom. The van der Waals surface area contributed by atoms with Gasteiger partial charge in [-0.05, 0) is 25.1 Å². The molecule has 0 aliphatic carbocycles. The van der Waals surface area contributed by atoms with Gasteiger partial charge in [0.2, 0.25) is 5.91 Å². The Balaban J connectivity index is 1.72. The molecule has 0 saturated carbocycles. The second-order valence-electron chi connectivity index (χ2n) is 6.61. The largest absolute Gasteiger partial charge is 0.433 e. The first-order valence-electron chi connectivity index (χ1n) is 8.70. The van der Waals surface area contributed by atoms with E-state index in [1.54, 1.807) is 6.07 Å². The second kappa shape index (κ2) is 7.98. The lowest BCUT2D eigenvalue weighted by molar-refractivity contribution is -0.142. The summed E-state index contributed by atoms with van der Waals surface area (Å²) in [6.45, 7) is 0.496. The van der Waals surface area contributed by atoms with Crippen molar-refractivity contribution in [1.82, 2.24) is 15.2 Å². The fraction of sp³-hybridized carbons (Fsp3) is 0.263. The number of hydrogen-bond donors (Lipinski definition) is 2. The van der Waals surface area contributed by atoms with Crippen LogP contribution >= 0.6 is 0 Å². The third-order valence-electron chi connectivity index (χ3n) is 4.51. The zero-order chi connectivity index (χ0) is 22.1. The fourth-order valence-corrected chi connectivity index (χ4v) is 3.08. The minimum absolute atomic E-state index is 0.0213. The molecule has 1 aliphatic rings. The first kappa shape index (κ1) is 21.0. The number of alkyl halides is 3. The van der Waals surface area contributed by atoms with E-state index in [1.165, 1.54) is 25.1 Å². The highest BCUT2D eigenvalue weighted by Crippen LogP contribution is 2.35. The predicted molar refractivity (Wildman–Crippen MR) is 96.3 cm³/mol. The molecule has 1 atom stereocenters. The first-order chi connectivity index (χ1) is 14.1. The van der Waals surface area contributed by atoms with Gasteiger partial charge in [0.1, 0.15) is 12.4 Å². The van der Waals surface area contributed by atoms with Gasteiger partial charge in [-0.3, -0.25) is 9.78 Å². The Hall–Kier alpha value is -3.68. The minimum atomic E-state index is -4.72. The number of urea groups is 1. The predicted octanol–water partition coefficient (Wildman–Crippen LogP) is 3.34. The highest BCUT2D eigenvalue weighted by Gasteiger charge is 2.39. The Morgan fingerprint density at radius 2 is 2.13 bits per heavy atom. The molecule has 2 N–H and O–H groups in total. The van der Waals surface area contributed by atoms with Crippen molar-refractivity contribution in [2.24, 2.45) is 0 Å². The van der Waals surface area contributed by atoms with E-state index in [0.29, 0.717) is 0 Å². The molecule has 0 bridgehead atoms. The number of rotatable bonds is 4. The minimum Gasteiger partial charge on any atom is -0.348 e. The molecule has 3 amide bonds. The Bertz CT molecular complexity index is 1050. The molecule has 0 radical (unpaired) electrons. The summed E-state index contributed by atoms with van der Waals surface area (Å²) in [5.41, 5.74) is -1.17. The number of nitrogens with zero attached hydrogens (tertiary/aromatic N) is 3. The van der Waals surface area contributed by atoms with Gasteiger partial charge >= 0.3 is 12.2 Å². The number of pyridine rings is 1. The summed E-state index contributed by atoms with van der Waals surface area (Å²) in [5.74, 6) is -1.38. The summed E-state index contributed by atoms with van der Waals surface area (Å²) >= 11 is 0. The van der Waals surface area contributed by atoms with E-state index in [1.807, 2.05) is 0 Å². The molecule has 30 heavy (non-hydrogen) atoms. The lowest BCUT2D eigenvalue weighted by Crippen LogP contribution is -2.45. The highest BCUT2D eigenvalue weighted by molar-refractivity contribution is 5.95. The number of carbonyl (C=O) groups excluding carboxylic acids is 2. The van der Waals surface area contributed by atoms with Crippen molar-refractivity contribution in [2.45, 2.75) is 25.7 Å². The quantitative estimate of drug-likeness (QED) is 0.740. The molecule has 156 valence electrons. The van der Waals surface area contributed by atoms with Crippen LogP contribution in [-0.4, -0.2) is 28.4 Å². The zero-order valence-electron chi connectivity index (χ0n) is 15.5. The standard InChI is InChI=1S/C19H15F4N5O2/c1-10(12-3-2-11(7-24)6-14(12)20)26-16(29)9-28-8-13-15(27-18(28)30)4-5-25-17(13)19(21,22)23/h2-6,10H,8-9H2,1H3,(H,26,29)(H,27,30)/t10-/m1/s1. The molecule has 1 aromatic heterocycles. The van der Waals surface area contributed by atoms with E-state index in [4.69, 9.17) is 5.26 Å². The number of amides is 3. The number of halogens is 4. The fourth-order valence-electron chi connectivity index (χ4n) is 3.08. The topological polar surface area (TPSA) is 98.1 Å². The lowest BCUT2D eigenvalue weighted by Gasteiger charge is -2.30. The van der Waals surface area contributed by atoms with E-state index in [-0.39, 0.29) is 22.4 Å². The maximum atomic E-state index is 14.1. The van der Waals surface area contributed by atoms with Crippen LogP contribution in [0.15, 0.2) is 30.5 Å². The monoisotopic (exact) mass is 421 g/mol. The van der Waals surface area contributed by atoms with Crippen LogP contribution in [0.1, 0.15) is 35.3 Å². The van der Waals surface area contributed by atoms with Crippen LogP contribution in [-0.2, 0) is 17.5 Å². The molecule has 0 spiro atoms. The van der Waals surface area contributed by atoms with Gasteiger partial charge in [-0.2, -0.15) is 18.4 Å². The number of benzene rings is 1. The molecular weight excluding hydrogens is 406 g/mol. The van der Waals surface area contributed by atoms with Crippen molar-refractivity contribution in [3.05, 3.63) is 58.7 Å². The number of fused-ring (bicyclic) bond motifs is 1. The van der Waals surface area contributed by atoms with Gasteiger partial charge in [0.15, 0.2) is 5.69 Å². The van der Waals surface area contributed by atoms with Crippen LogP contribution in [0.5, 0.6) is 0 Å². The molecular formula is C19H15F4N5O2. The van der Waals surface area contributed by atoms with E-state index in [9.17, 15) is 27.2 Å². The molecule has 1 aromatic carbocycles. The van der Waals surface area contributed by atoms with Crippen molar-refractivity contribution in [3.63, 3.8) is 0 Å². The first-order valence-corrected chi connectivity index (χ1v) is 8.70.